The van der Waals surface area contributed by atoms with Crippen LogP contribution >= 0.6 is 0 Å². The lowest BCUT2D eigenvalue weighted by Gasteiger charge is -2.17. The smallest absolute Gasteiger partial charge is 0.246 e. The van der Waals surface area contributed by atoms with Crippen LogP contribution in [0.3, 0.4) is 0 Å². The van der Waals surface area contributed by atoms with Crippen molar-refractivity contribution >= 4 is 11.8 Å². The zero-order chi connectivity index (χ0) is 13.4. The van der Waals surface area contributed by atoms with Gasteiger partial charge in [-0.05, 0) is 12.5 Å². The van der Waals surface area contributed by atoms with Gasteiger partial charge in [0.2, 0.25) is 11.8 Å². The lowest BCUT2D eigenvalue weighted by Crippen LogP contribution is -2.40. The molecule has 0 aromatic heterocycles. The van der Waals surface area contributed by atoms with Crippen LogP contribution in [0.5, 0.6) is 0 Å². The predicted molar refractivity (Wildman–Crippen MR) is 67.9 cm³/mol. The number of hydrogen-bond acceptors (Lipinski definition) is 3. The second kappa shape index (κ2) is 7.45. The van der Waals surface area contributed by atoms with Gasteiger partial charge in [-0.25, -0.2) is 0 Å². The molecule has 5 nitrogen and oxygen atoms in total. The Labute approximate surface area is 107 Å². The number of nitrogens with one attached hydrogen (secondary N) is 2. The van der Waals surface area contributed by atoms with Gasteiger partial charge in [-0.2, -0.15) is 0 Å². The number of carbonyl (C=O) groups is 2. The van der Waals surface area contributed by atoms with Crippen molar-refractivity contribution in [2.24, 2.45) is 0 Å². The molecule has 0 unspecified atom stereocenters. The summed E-state index contributed by atoms with van der Waals surface area (Å²) in [4.78, 5) is 23.3. The van der Waals surface area contributed by atoms with Crippen LogP contribution < -0.4 is 10.6 Å². The van der Waals surface area contributed by atoms with E-state index in [1.165, 1.54) is 7.05 Å². The minimum atomic E-state index is -0.691. The van der Waals surface area contributed by atoms with Crippen LogP contribution in [0.1, 0.15) is 18.5 Å². The number of amides is 2. The van der Waals surface area contributed by atoms with E-state index < -0.39 is 6.04 Å². The normalized spacial score (nSPS) is 11.7. The molecule has 0 radical (unpaired) electrons. The number of rotatable bonds is 6. The molecule has 0 spiro atoms. The maximum atomic E-state index is 11.8. The summed E-state index contributed by atoms with van der Waals surface area (Å²) in [5.41, 5.74) is 0.738. The Hall–Kier alpha value is -1.88. The predicted octanol–water partition coefficient (Wildman–Crippen LogP) is 0.626. The summed E-state index contributed by atoms with van der Waals surface area (Å²) in [6.45, 7) is 2.22. The van der Waals surface area contributed by atoms with Crippen molar-refractivity contribution in [2.45, 2.75) is 13.0 Å². The molecule has 1 atom stereocenters. The molecule has 5 heteroatoms. The minimum absolute atomic E-state index is 0.0448. The summed E-state index contributed by atoms with van der Waals surface area (Å²) < 4.78 is 5.00. The first-order valence-corrected chi connectivity index (χ1v) is 5.82. The van der Waals surface area contributed by atoms with Crippen LogP contribution in [-0.4, -0.2) is 32.1 Å². The average molecular weight is 250 g/mol. The third-order valence-corrected chi connectivity index (χ3v) is 2.38. The lowest BCUT2D eigenvalue weighted by atomic mass is 10.1. The van der Waals surface area contributed by atoms with Gasteiger partial charge in [-0.15, -0.1) is 0 Å². The third-order valence-electron chi connectivity index (χ3n) is 2.38. The number of likely N-dealkylation sites (N-methyl/N-ethyl adjacent to an activating group) is 1. The SMILES string of the molecule is CCOCC(=O)N[C@@H](C(=O)NC)c1ccccc1. The van der Waals surface area contributed by atoms with Crippen molar-refractivity contribution in [1.29, 1.82) is 0 Å². The molecule has 0 bridgehead atoms. The zero-order valence-corrected chi connectivity index (χ0v) is 10.6. The highest BCUT2D eigenvalue weighted by Crippen LogP contribution is 2.12. The van der Waals surface area contributed by atoms with Crippen LogP contribution in [0.25, 0.3) is 0 Å². The molecule has 0 saturated carbocycles. The Morgan fingerprint density at radius 3 is 2.50 bits per heavy atom. The first-order valence-electron chi connectivity index (χ1n) is 5.82. The molecule has 1 aromatic carbocycles. The van der Waals surface area contributed by atoms with Crippen molar-refractivity contribution in [2.75, 3.05) is 20.3 Å². The lowest BCUT2D eigenvalue weighted by molar-refractivity contribution is -0.131. The van der Waals surface area contributed by atoms with E-state index in [2.05, 4.69) is 10.6 Å². The van der Waals surface area contributed by atoms with E-state index in [4.69, 9.17) is 4.74 Å². The second-order valence-corrected chi connectivity index (χ2v) is 3.66. The van der Waals surface area contributed by atoms with Crippen LogP contribution in [0.4, 0.5) is 0 Å². The molecule has 2 amide bonds. The second-order valence-electron chi connectivity index (χ2n) is 3.66. The Bertz CT molecular complexity index is 392. The van der Waals surface area contributed by atoms with Crippen LogP contribution in [0.2, 0.25) is 0 Å². The van der Waals surface area contributed by atoms with Gasteiger partial charge < -0.3 is 15.4 Å². The fourth-order valence-electron chi connectivity index (χ4n) is 1.49. The molecule has 0 aliphatic carbocycles. The van der Waals surface area contributed by atoms with Crippen LogP contribution in [0, 0.1) is 0 Å². The molecule has 1 rings (SSSR count). The number of carbonyl (C=O) groups excluding carboxylic acids is 2. The van der Waals surface area contributed by atoms with Crippen molar-refractivity contribution in [3.8, 4) is 0 Å². The number of hydrogen-bond donors (Lipinski definition) is 2. The summed E-state index contributed by atoms with van der Waals surface area (Å²) in [7, 11) is 1.53. The summed E-state index contributed by atoms with van der Waals surface area (Å²) in [6, 6.07) is 8.39. The van der Waals surface area contributed by atoms with E-state index in [1.807, 2.05) is 18.2 Å². The highest BCUT2D eigenvalue weighted by atomic mass is 16.5. The fraction of sp³-hybridized carbons (Fsp3) is 0.385. The molecule has 0 aliphatic heterocycles. The maximum Gasteiger partial charge on any atom is 0.246 e. The molecule has 2 N–H and O–H groups in total. The minimum Gasteiger partial charge on any atom is -0.372 e. The summed E-state index contributed by atoms with van der Waals surface area (Å²) >= 11 is 0. The van der Waals surface area contributed by atoms with Gasteiger partial charge in [0.1, 0.15) is 12.6 Å². The van der Waals surface area contributed by atoms with Crippen molar-refractivity contribution in [3.05, 3.63) is 35.9 Å². The van der Waals surface area contributed by atoms with Crippen LogP contribution in [-0.2, 0) is 14.3 Å². The standard InChI is InChI=1S/C13H18N2O3/c1-3-18-9-11(16)15-12(13(17)14-2)10-7-5-4-6-8-10/h4-8,12H,3,9H2,1-2H3,(H,14,17)(H,15,16)/t12-/m1/s1. The van der Waals surface area contributed by atoms with E-state index in [-0.39, 0.29) is 18.4 Å². The summed E-state index contributed by atoms with van der Waals surface area (Å²) in [5.74, 6) is -0.569. The van der Waals surface area contributed by atoms with E-state index >= 15 is 0 Å². The molecular weight excluding hydrogens is 232 g/mol. The highest BCUT2D eigenvalue weighted by Gasteiger charge is 2.21. The molecule has 0 aliphatic rings. The third kappa shape index (κ3) is 4.18. The van der Waals surface area contributed by atoms with Crippen molar-refractivity contribution < 1.29 is 14.3 Å². The molecule has 98 valence electrons. The monoisotopic (exact) mass is 250 g/mol. The zero-order valence-electron chi connectivity index (χ0n) is 10.6. The van der Waals surface area contributed by atoms with Gasteiger partial charge in [0.25, 0.3) is 0 Å². The molecule has 0 fully saturated rings. The Morgan fingerprint density at radius 1 is 1.28 bits per heavy atom. The van der Waals surface area contributed by atoms with E-state index in [0.29, 0.717) is 6.61 Å². The average Bonchev–Trinajstić information content (AvgIpc) is 2.42. The van der Waals surface area contributed by atoms with E-state index in [1.54, 1.807) is 19.1 Å². The first kappa shape index (κ1) is 14.2. The largest absolute Gasteiger partial charge is 0.372 e. The molecule has 18 heavy (non-hydrogen) atoms. The molecule has 0 heterocycles. The van der Waals surface area contributed by atoms with Gasteiger partial charge in [-0.3, -0.25) is 9.59 Å². The highest BCUT2D eigenvalue weighted by molar-refractivity contribution is 5.88. The Balaban J connectivity index is 2.74. The van der Waals surface area contributed by atoms with Gasteiger partial charge >= 0.3 is 0 Å². The summed E-state index contributed by atoms with van der Waals surface area (Å²) in [5, 5.41) is 5.17. The van der Waals surface area contributed by atoms with Gasteiger partial charge in [0.15, 0.2) is 0 Å². The Morgan fingerprint density at radius 2 is 1.94 bits per heavy atom. The molecular formula is C13H18N2O3. The Kier molecular flexibility index (Phi) is 5.87. The molecule has 1 aromatic rings. The first-order chi connectivity index (χ1) is 8.69. The number of benzene rings is 1. The maximum absolute atomic E-state index is 11.8. The van der Waals surface area contributed by atoms with E-state index in [0.717, 1.165) is 5.56 Å². The van der Waals surface area contributed by atoms with Crippen molar-refractivity contribution in [3.63, 3.8) is 0 Å². The molecule has 0 saturated heterocycles. The van der Waals surface area contributed by atoms with Gasteiger partial charge in [0.05, 0.1) is 0 Å². The van der Waals surface area contributed by atoms with Gasteiger partial charge in [-0.1, -0.05) is 30.3 Å². The van der Waals surface area contributed by atoms with Crippen molar-refractivity contribution in [1.82, 2.24) is 10.6 Å². The van der Waals surface area contributed by atoms with Gasteiger partial charge in [0, 0.05) is 13.7 Å². The fourth-order valence-corrected chi connectivity index (χ4v) is 1.49. The number of ether oxygens (including phenoxy) is 1. The van der Waals surface area contributed by atoms with Crippen LogP contribution in [0.15, 0.2) is 30.3 Å². The topological polar surface area (TPSA) is 67.4 Å². The quantitative estimate of drug-likeness (QED) is 0.778. The summed E-state index contributed by atoms with van der Waals surface area (Å²) in [6.07, 6.45) is 0. The van der Waals surface area contributed by atoms with E-state index in [9.17, 15) is 9.59 Å².